The van der Waals surface area contributed by atoms with Crippen LogP contribution in [0.3, 0.4) is 0 Å². The highest BCUT2D eigenvalue weighted by Crippen LogP contribution is 2.32. The van der Waals surface area contributed by atoms with Crippen LogP contribution in [0, 0.1) is 0 Å². The van der Waals surface area contributed by atoms with Crippen LogP contribution < -0.4 is 10.6 Å². The van der Waals surface area contributed by atoms with Gasteiger partial charge in [-0.2, -0.15) is 13.2 Å². The summed E-state index contributed by atoms with van der Waals surface area (Å²) in [5.74, 6) is -0.356. The smallest absolute Gasteiger partial charge is 0.353 e. The van der Waals surface area contributed by atoms with Crippen molar-refractivity contribution in [3.8, 4) is 0 Å². The van der Waals surface area contributed by atoms with Crippen molar-refractivity contribution in [1.82, 2.24) is 10.6 Å². The first-order valence-corrected chi connectivity index (χ1v) is 7.04. The monoisotopic (exact) mass is 336 g/mol. The quantitative estimate of drug-likeness (QED) is 0.891. The van der Waals surface area contributed by atoms with Crippen molar-refractivity contribution in [3.05, 3.63) is 35.4 Å². The lowest BCUT2D eigenvalue weighted by molar-refractivity contribution is -0.138. The number of hydrogen-bond acceptors (Lipinski definition) is 2. The zero-order chi connectivity index (χ0) is 15.5. The molecule has 2 unspecified atom stereocenters. The van der Waals surface area contributed by atoms with E-state index in [-0.39, 0.29) is 36.3 Å². The van der Waals surface area contributed by atoms with E-state index in [0.717, 1.165) is 25.5 Å². The van der Waals surface area contributed by atoms with Crippen LogP contribution in [0.15, 0.2) is 24.3 Å². The highest BCUT2D eigenvalue weighted by atomic mass is 35.5. The van der Waals surface area contributed by atoms with E-state index in [2.05, 4.69) is 10.6 Å². The van der Waals surface area contributed by atoms with Gasteiger partial charge in [-0.25, -0.2) is 0 Å². The molecule has 0 aliphatic carbocycles. The summed E-state index contributed by atoms with van der Waals surface area (Å²) in [5.41, 5.74) is -0.719. The van der Waals surface area contributed by atoms with Gasteiger partial charge < -0.3 is 10.6 Å². The van der Waals surface area contributed by atoms with Gasteiger partial charge in [-0.15, -0.1) is 12.4 Å². The molecule has 0 bridgehead atoms. The molecule has 1 aliphatic heterocycles. The van der Waals surface area contributed by atoms with Gasteiger partial charge in [0, 0.05) is 12.1 Å². The SMILES string of the molecule is CC1CC(NC(=O)Cc2ccccc2C(F)(F)F)CCN1.Cl. The molecule has 1 fully saturated rings. The Morgan fingerprint density at radius 3 is 2.68 bits per heavy atom. The number of amides is 1. The second kappa shape index (κ2) is 7.83. The lowest BCUT2D eigenvalue weighted by Gasteiger charge is -2.28. The number of carbonyl (C=O) groups is 1. The highest BCUT2D eigenvalue weighted by Gasteiger charge is 2.33. The van der Waals surface area contributed by atoms with E-state index in [0.29, 0.717) is 6.04 Å². The largest absolute Gasteiger partial charge is 0.416 e. The van der Waals surface area contributed by atoms with Crippen LogP contribution in [0.25, 0.3) is 0 Å². The molecular formula is C15H20ClF3N2O. The van der Waals surface area contributed by atoms with E-state index >= 15 is 0 Å². The summed E-state index contributed by atoms with van der Waals surface area (Å²) in [5, 5.41) is 6.09. The molecule has 1 saturated heterocycles. The number of alkyl halides is 3. The lowest BCUT2D eigenvalue weighted by atomic mass is 9.99. The second-order valence-corrected chi connectivity index (χ2v) is 5.48. The van der Waals surface area contributed by atoms with Gasteiger partial charge in [0.1, 0.15) is 0 Å². The third kappa shape index (κ3) is 5.18. The van der Waals surface area contributed by atoms with Crippen LogP contribution in [0.5, 0.6) is 0 Å². The van der Waals surface area contributed by atoms with Crippen LogP contribution in [-0.2, 0) is 17.4 Å². The normalized spacial score (nSPS) is 21.8. The van der Waals surface area contributed by atoms with Gasteiger partial charge in [0.05, 0.1) is 12.0 Å². The van der Waals surface area contributed by atoms with Crippen LogP contribution in [0.4, 0.5) is 13.2 Å². The van der Waals surface area contributed by atoms with Crippen molar-refractivity contribution in [2.45, 2.75) is 44.4 Å². The first-order valence-electron chi connectivity index (χ1n) is 7.04. The third-order valence-corrected chi connectivity index (χ3v) is 3.66. The first-order chi connectivity index (χ1) is 9.86. The number of nitrogens with one attached hydrogen (secondary N) is 2. The molecule has 1 aromatic rings. The molecule has 2 N–H and O–H groups in total. The van der Waals surface area contributed by atoms with Crippen LogP contribution in [0.1, 0.15) is 30.9 Å². The molecule has 1 amide bonds. The summed E-state index contributed by atoms with van der Waals surface area (Å²) in [7, 11) is 0. The molecule has 0 radical (unpaired) electrons. The number of carbonyl (C=O) groups excluding carboxylic acids is 1. The second-order valence-electron chi connectivity index (χ2n) is 5.48. The summed E-state index contributed by atoms with van der Waals surface area (Å²) in [4.78, 5) is 12.0. The average Bonchev–Trinajstić information content (AvgIpc) is 2.37. The molecular weight excluding hydrogens is 317 g/mol. The number of halogens is 4. The van der Waals surface area contributed by atoms with Gasteiger partial charge in [-0.05, 0) is 37.9 Å². The average molecular weight is 337 g/mol. The van der Waals surface area contributed by atoms with Crippen molar-refractivity contribution in [3.63, 3.8) is 0 Å². The Balaban J connectivity index is 0.00000242. The summed E-state index contributed by atoms with van der Waals surface area (Å²) in [6, 6.07) is 5.56. The van der Waals surface area contributed by atoms with Gasteiger partial charge in [-0.1, -0.05) is 18.2 Å². The summed E-state index contributed by atoms with van der Waals surface area (Å²) < 4.78 is 38.6. The van der Waals surface area contributed by atoms with E-state index in [1.54, 1.807) is 0 Å². The van der Waals surface area contributed by atoms with E-state index in [9.17, 15) is 18.0 Å². The molecule has 0 spiro atoms. The Bertz CT molecular complexity index is 508. The van der Waals surface area contributed by atoms with Crippen LogP contribution in [0.2, 0.25) is 0 Å². The minimum absolute atomic E-state index is 0. The fourth-order valence-electron chi connectivity index (χ4n) is 2.67. The van der Waals surface area contributed by atoms with Crippen molar-refractivity contribution >= 4 is 18.3 Å². The van der Waals surface area contributed by atoms with Gasteiger partial charge in [0.25, 0.3) is 0 Å². The van der Waals surface area contributed by atoms with E-state index in [1.165, 1.54) is 18.2 Å². The van der Waals surface area contributed by atoms with Crippen molar-refractivity contribution in [1.29, 1.82) is 0 Å². The maximum Gasteiger partial charge on any atom is 0.416 e. The molecule has 2 rings (SSSR count). The van der Waals surface area contributed by atoms with E-state index < -0.39 is 11.7 Å². The van der Waals surface area contributed by atoms with Crippen LogP contribution >= 0.6 is 12.4 Å². The molecule has 124 valence electrons. The number of benzene rings is 1. The van der Waals surface area contributed by atoms with Gasteiger partial charge in [0.2, 0.25) is 5.91 Å². The van der Waals surface area contributed by atoms with Gasteiger partial charge in [0.15, 0.2) is 0 Å². The molecule has 1 heterocycles. The van der Waals surface area contributed by atoms with Crippen molar-refractivity contribution in [2.75, 3.05) is 6.54 Å². The molecule has 1 aromatic carbocycles. The van der Waals surface area contributed by atoms with Gasteiger partial charge >= 0.3 is 6.18 Å². The molecule has 7 heteroatoms. The summed E-state index contributed by atoms with van der Waals surface area (Å²) >= 11 is 0. The molecule has 0 saturated carbocycles. The highest BCUT2D eigenvalue weighted by molar-refractivity contribution is 5.85. The predicted molar refractivity (Wildman–Crippen MR) is 81.0 cm³/mol. The number of hydrogen-bond donors (Lipinski definition) is 2. The Hall–Kier alpha value is -1.27. The maximum absolute atomic E-state index is 12.9. The third-order valence-electron chi connectivity index (χ3n) is 3.66. The van der Waals surface area contributed by atoms with Crippen molar-refractivity contribution in [2.24, 2.45) is 0 Å². The lowest BCUT2D eigenvalue weighted by Crippen LogP contribution is -2.47. The predicted octanol–water partition coefficient (Wildman–Crippen LogP) is 2.93. The first kappa shape index (κ1) is 18.8. The fourth-order valence-corrected chi connectivity index (χ4v) is 2.67. The van der Waals surface area contributed by atoms with Crippen LogP contribution in [-0.4, -0.2) is 24.5 Å². The standard InChI is InChI=1S/C15H19F3N2O.ClH/c1-10-8-12(6-7-19-10)20-14(21)9-11-4-2-3-5-13(11)15(16,17)18;/h2-5,10,12,19H,6-9H2,1H3,(H,20,21);1H. The van der Waals surface area contributed by atoms with Crippen molar-refractivity contribution < 1.29 is 18.0 Å². The Labute approximate surface area is 134 Å². The minimum atomic E-state index is -4.43. The van der Waals surface area contributed by atoms with Gasteiger partial charge in [-0.3, -0.25) is 4.79 Å². The Morgan fingerprint density at radius 1 is 1.36 bits per heavy atom. The zero-order valence-corrected chi connectivity index (χ0v) is 13.1. The molecule has 0 aromatic heterocycles. The maximum atomic E-state index is 12.9. The fraction of sp³-hybridized carbons (Fsp3) is 0.533. The topological polar surface area (TPSA) is 41.1 Å². The molecule has 2 atom stereocenters. The number of piperidine rings is 1. The minimum Gasteiger partial charge on any atom is -0.353 e. The number of rotatable bonds is 3. The van der Waals surface area contributed by atoms with E-state index in [4.69, 9.17) is 0 Å². The molecule has 3 nitrogen and oxygen atoms in total. The Morgan fingerprint density at radius 2 is 2.05 bits per heavy atom. The molecule has 22 heavy (non-hydrogen) atoms. The molecule has 1 aliphatic rings. The van der Waals surface area contributed by atoms with E-state index in [1.807, 2.05) is 6.92 Å². The summed E-state index contributed by atoms with van der Waals surface area (Å²) in [6.07, 6.45) is -3.07. The zero-order valence-electron chi connectivity index (χ0n) is 12.2. The Kier molecular flexibility index (Phi) is 6.68. The summed E-state index contributed by atoms with van der Waals surface area (Å²) in [6.45, 7) is 2.84.